The fraction of sp³-hybridized carbons (Fsp3) is 0.594. The lowest BCUT2D eigenvalue weighted by Crippen LogP contribution is -2.61. The van der Waals surface area contributed by atoms with E-state index >= 15 is 0 Å². The van der Waals surface area contributed by atoms with Crippen LogP contribution in [0.2, 0.25) is 0 Å². The minimum absolute atomic E-state index is 0.0699. The van der Waals surface area contributed by atoms with Crippen molar-refractivity contribution in [2.75, 3.05) is 36.0 Å². The highest BCUT2D eigenvalue weighted by molar-refractivity contribution is 5.94. The van der Waals surface area contributed by atoms with Gasteiger partial charge in [-0.3, -0.25) is 4.79 Å². The summed E-state index contributed by atoms with van der Waals surface area (Å²) in [5, 5.41) is 18.9. The van der Waals surface area contributed by atoms with Crippen LogP contribution in [0.5, 0.6) is 0 Å². The number of piperazine rings is 1. The van der Waals surface area contributed by atoms with E-state index in [9.17, 15) is 20.0 Å². The highest BCUT2D eigenvalue weighted by Gasteiger charge is 2.43. The molecule has 0 spiro atoms. The van der Waals surface area contributed by atoms with Crippen molar-refractivity contribution in [2.45, 2.75) is 91.1 Å². The molecule has 1 aliphatic carbocycles. The number of anilines is 2. The number of aryl methyl sites for hydroxylation is 1. The molecule has 41 heavy (non-hydrogen) atoms. The maximum Gasteiger partial charge on any atom is 0.337 e. The van der Waals surface area contributed by atoms with Crippen molar-refractivity contribution in [1.82, 2.24) is 14.9 Å². The zero-order valence-corrected chi connectivity index (χ0v) is 25.4. The van der Waals surface area contributed by atoms with Crippen LogP contribution >= 0.6 is 0 Å². The number of nitrogens with zero attached hydrogens (tertiary/aromatic N) is 6. The molecule has 2 fully saturated rings. The van der Waals surface area contributed by atoms with Crippen molar-refractivity contribution in [1.29, 1.82) is 5.26 Å². The normalized spacial score (nSPS) is 23.2. The van der Waals surface area contributed by atoms with E-state index in [1.807, 2.05) is 24.8 Å². The van der Waals surface area contributed by atoms with Crippen molar-refractivity contribution in [3.63, 3.8) is 0 Å². The molecule has 1 amide bonds. The second kappa shape index (κ2) is 10.3. The van der Waals surface area contributed by atoms with Crippen molar-refractivity contribution in [2.24, 2.45) is 5.92 Å². The van der Waals surface area contributed by atoms with Gasteiger partial charge in [0.2, 0.25) is 0 Å². The molecule has 1 saturated heterocycles. The number of carbonyl (C=O) groups is 2. The molecule has 5 rings (SSSR count). The summed E-state index contributed by atoms with van der Waals surface area (Å²) < 4.78 is 0. The quantitative estimate of drug-likeness (QED) is 0.556. The standard InChI is InChI=1S/C32H42N6O3/c1-19-20(2)28(34-21(3)26(19)30(40)41)36-14-15-38(32(6,7)18-36)29(39)24-12-13-25-27(35-24)31(4,5)17-37(25)23-10-8-22(16-33)9-11-23/h12-13,22-23H,8-11,14-15,17-18H2,1-7H3,(H,40,41). The second-order valence-corrected chi connectivity index (χ2v) is 13.4. The summed E-state index contributed by atoms with van der Waals surface area (Å²) in [6.07, 6.45) is 3.91. The first-order chi connectivity index (χ1) is 19.2. The monoisotopic (exact) mass is 558 g/mol. The molecule has 3 aliphatic rings. The topological polar surface area (TPSA) is 114 Å². The highest BCUT2D eigenvalue weighted by Crippen LogP contribution is 2.43. The fourth-order valence-electron chi connectivity index (χ4n) is 7.13. The average Bonchev–Trinajstić information content (AvgIpc) is 3.19. The number of hydrogen-bond donors (Lipinski definition) is 1. The van der Waals surface area contributed by atoms with Gasteiger partial charge in [-0.2, -0.15) is 5.26 Å². The maximum atomic E-state index is 13.9. The summed E-state index contributed by atoms with van der Waals surface area (Å²) in [4.78, 5) is 41.9. The van der Waals surface area contributed by atoms with Crippen LogP contribution < -0.4 is 9.80 Å². The van der Waals surface area contributed by atoms with E-state index in [0.29, 0.717) is 37.1 Å². The number of aromatic nitrogens is 2. The van der Waals surface area contributed by atoms with Gasteiger partial charge >= 0.3 is 5.97 Å². The van der Waals surface area contributed by atoms with E-state index in [0.717, 1.165) is 60.6 Å². The van der Waals surface area contributed by atoms with Crippen molar-refractivity contribution in [3.05, 3.63) is 45.9 Å². The summed E-state index contributed by atoms with van der Waals surface area (Å²) in [6, 6.07) is 6.79. The number of hydrogen-bond acceptors (Lipinski definition) is 7. The molecule has 2 aromatic heterocycles. The molecule has 0 radical (unpaired) electrons. The first-order valence-electron chi connectivity index (χ1n) is 14.7. The van der Waals surface area contributed by atoms with Crippen molar-refractivity contribution < 1.29 is 14.7 Å². The Labute approximate surface area is 243 Å². The van der Waals surface area contributed by atoms with Gasteiger partial charge in [0.25, 0.3) is 5.91 Å². The second-order valence-electron chi connectivity index (χ2n) is 13.4. The molecule has 1 saturated carbocycles. The molecule has 0 aromatic carbocycles. The van der Waals surface area contributed by atoms with Crippen LogP contribution in [0, 0.1) is 38.0 Å². The minimum Gasteiger partial charge on any atom is -0.478 e. The van der Waals surface area contributed by atoms with Gasteiger partial charge in [-0.25, -0.2) is 14.8 Å². The minimum atomic E-state index is -0.961. The van der Waals surface area contributed by atoms with Crippen molar-refractivity contribution >= 4 is 23.4 Å². The van der Waals surface area contributed by atoms with E-state index in [4.69, 9.17) is 9.97 Å². The zero-order chi connectivity index (χ0) is 29.9. The van der Waals surface area contributed by atoms with Gasteiger partial charge in [0.15, 0.2) is 0 Å². The van der Waals surface area contributed by atoms with Crippen LogP contribution in [0.25, 0.3) is 0 Å². The smallest absolute Gasteiger partial charge is 0.337 e. The van der Waals surface area contributed by atoms with E-state index in [-0.39, 0.29) is 22.8 Å². The molecule has 4 heterocycles. The molecule has 9 nitrogen and oxygen atoms in total. The van der Waals surface area contributed by atoms with Gasteiger partial charge in [0.1, 0.15) is 11.5 Å². The van der Waals surface area contributed by atoms with Crippen LogP contribution in [-0.2, 0) is 5.41 Å². The summed E-state index contributed by atoms with van der Waals surface area (Å²) in [5.74, 6) is -0.0801. The molecular weight excluding hydrogens is 516 g/mol. The molecule has 2 aliphatic heterocycles. The van der Waals surface area contributed by atoms with Gasteiger partial charge < -0.3 is 19.8 Å². The molecular formula is C32H42N6O3. The number of carboxylic acid groups (broad SMARTS) is 1. The number of aromatic carboxylic acids is 1. The maximum absolute atomic E-state index is 13.9. The number of pyridine rings is 2. The Balaban J connectivity index is 1.36. The van der Waals surface area contributed by atoms with E-state index in [1.165, 1.54) is 0 Å². The molecule has 0 bridgehead atoms. The Bertz CT molecular complexity index is 1430. The summed E-state index contributed by atoms with van der Waals surface area (Å²) in [6.45, 7) is 16.6. The Kier molecular flexibility index (Phi) is 7.25. The third-order valence-electron chi connectivity index (χ3n) is 9.50. The molecule has 1 N–H and O–H groups in total. The summed E-state index contributed by atoms with van der Waals surface area (Å²) >= 11 is 0. The van der Waals surface area contributed by atoms with Crippen LogP contribution in [0.3, 0.4) is 0 Å². The molecule has 0 atom stereocenters. The largest absolute Gasteiger partial charge is 0.478 e. The predicted molar refractivity (Wildman–Crippen MR) is 159 cm³/mol. The number of amides is 1. The van der Waals surface area contributed by atoms with Gasteiger partial charge in [0, 0.05) is 43.6 Å². The molecule has 2 aromatic rings. The number of carboxylic acids is 1. The van der Waals surface area contributed by atoms with Crippen LogP contribution in [-0.4, -0.2) is 69.6 Å². The first kappa shape index (κ1) is 28.8. The van der Waals surface area contributed by atoms with Crippen LogP contribution in [0.4, 0.5) is 11.5 Å². The molecule has 0 unspecified atom stereocenters. The Morgan fingerprint density at radius 3 is 2.27 bits per heavy atom. The summed E-state index contributed by atoms with van der Waals surface area (Å²) in [5.41, 5.74) is 4.26. The van der Waals surface area contributed by atoms with Crippen LogP contribution in [0.1, 0.15) is 96.7 Å². The third-order valence-corrected chi connectivity index (χ3v) is 9.50. The van der Waals surface area contributed by atoms with E-state index in [1.54, 1.807) is 6.92 Å². The Morgan fingerprint density at radius 1 is 0.976 bits per heavy atom. The fourth-order valence-corrected chi connectivity index (χ4v) is 7.13. The Hall–Kier alpha value is -3.67. The van der Waals surface area contributed by atoms with E-state index in [2.05, 4.69) is 49.6 Å². The zero-order valence-electron chi connectivity index (χ0n) is 25.4. The number of carbonyl (C=O) groups excluding carboxylic acids is 1. The van der Waals surface area contributed by atoms with Crippen molar-refractivity contribution in [3.8, 4) is 6.07 Å². The van der Waals surface area contributed by atoms with Crippen LogP contribution in [0.15, 0.2) is 12.1 Å². The van der Waals surface area contributed by atoms with Gasteiger partial charge in [-0.15, -0.1) is 0 Å². The lowest BCUT2D eigenvalue weighted by atomic mass is 9.86. The lowest BCUT2D eigenvalue weighted by Gasteiger charge is -2.47. The van der Waals surface area contributed by atoms with Gasteiger partial charge in [-0.05, 0) is 83.6 Å². The van der Waals surface area contributed by atoms with E-state index < -0.39 is 11.5 Å². The average molecular weight is 559 g/mol. The number of nitriles is 1. The number of fused-ring (bicyclic) bond motifs is 1. The highest BCUT2D eigenvalue weighted by atomic mass is 16.4. The predicted octanol–water partition coefficient (Wildman–Crippen LogP) is 5.02. The summed E-state index contributed by atoms with van der Waals surface area (Å²) in [7, 11) is 0. The SMILES string of the molecule is Cc1nc(N2CCN(C(=O)c3ccc4c(n3)C(C)(C)CN4C3CCC(C#N)CC3)C(C)(C)C2)c(C)c(C)c1C(=O)O. The van der Waals surface area contributed by atoms with Gasteiger partial charge in [0.05, 0.1) is 34.2 Å². The Morgan fingerprint density at radius 2 is 1.66 bits per heavy atom. The number of rotatable bonds is 4. The lowest BCUT2D eigenvalue weighted by molar-refractivity contribution is 0.0506. The molecule has 9 heteroatoms. The third kappa shape index (κ3) is 5.02. The molecule has 218 valence electrons. The first-order valence-corrected chi connectivity index (χ1v) is 14.7. The van der Waals surface area contributed by atoms with Gasteiger partial charge in [-0.1, -0.05) is 13.8 Å².